The van der Waals surface area contributed by atoms with Gasteiger partial charge in [-0.25, -0.2) is 4.39 Å². The Hall–Kier alpha value is -3.12. The van der Waals surface area contributed by atoms with Gasteiger partial charge in [0.1, 0.15) is 5.82 Å². The zero-order chi connectivity index (χ0) is 18.8. The second-order valence-corrected chi connectivity index (χ2v) is 6.31. The van der Waals surface area contributed by atoms with Crippen LogP contribution in [0.2, 0.25) is 5.02 Å². The van der Waals surface area contributed by atoms with E-state index in [2.05, 4.69) is 10.3 Å². The number of carbonyl (C=O) groups is 1. The fourth-order valence-electron chi connectivity index (χ4n) is 2.77. The van der Waals surface area contributed by atoms with Gasteiger partial charge in [0.05, 0.1) is 16.3 Å². The Labute approximate surface area is 159 Å². The van der Waals surface area contributed by atoms with E-state index in [9.17, 15) is 9.18 Å². The number of halogens is 2. The summed E-state index contributed by atoms with van der Waals surface area (Å²) >= 11 is 6.09. The highest BCUT2D eigenvalue weighted by atomic mass is 35.5. The first-order valence-electron chi connectivity index (χ1n) is 8.19. The third-order valence-electron chi connectivity index (χ3n) is 4.14. The van der Waals surface area contributed by atoms with Crippen molar-refractivity contribution in [3.8, 4) is 22.8 Å². The van der Waals surface area contributed by atoms with Crippen LogP contribution in [-0.4, -0.2) is 17.7 Å². The Bertz CT molecular complexity index is 1030. The minimum Gasteiger partial charge on any atom is -0.454 e. The molecule has 0 bridgehead atoms. The summed E-state index contributed by atoms with van der Waals surface area (Å²) in [6.07, 6.45) is 1.57. The van der Waals surface area contributed by atoms with Crippen LogP contribution < -0.4 is 14.8 Å². The smallest absolute Gasteiger partial charge is 0.254 e. The van der Waals surface area contributed by atoms with Crippen LogP contribution in [0.25, 0.3) is 11.3 Å². The van der Waals surface area contributed by atoms with Gasteiger partial charge < -0.3 is 14.8 Å². The molecule has 0 aliphatic carbocycles. The highest BCUT2D eigenvalue weighted by Crippen LogP contribution is 2.32. The number of hydrogen-bond donors (Lipinski definition) is 1. The van der Waals surface area contributed by atoms with E-state index in [0.29, 0.717) is 27.8 Å². The molecule has 1 amide bonds. The summed E-state index contributed by atoms with van der Waals surface area (Å²) in [6, 6.07) is 13.0. The lowest BCUT2D eigenvalue weighted by atomic mass is 10.1. The molecule has 0 radical (unpaired) electrons. The van der Waals surface area contributed by atoms with Crippen molar-refractivity contribution in [2.45, 2.75) is 6.54 Å². The molecule has 7 heteroatoms. The number of hydrogen-bond acceptors (Lipinski definition) is 4. The number of amides is 1. The summed E-state index contributed by atoms with van der Waals surface area (Å²) in [5, 5.41) is 3.11. The summed E-state index contributed by atoms with van der Waals surface area (Å²) in [5.74, 6) is 0.144. The van der Waals surface area contributed by atoms with Crippen molar-refractivity contribution in [2.24, 2.45) is 0 Å². The largest absolute Gasteiger partial charge is 0.454 e. The van der Waals surface area contributed by atoms with Crippen molar-refractivity contribution < 1.29 is 18.7 Å². The molecule has 136 valence electrons. The van der Waals surface area contributed by atoms with E-state index in [1.165, 1.54) is 12.1 Å². The van der Waals surface area contributed by atoms with E-state index in [0.717, 1.165) is 5.56 Å². The first kappa shape index (κ1) is 17.3. The van der Waals surface area contributed by atoms with E-state index >= 15 is 0 Å². The zero-order valence-electron chi connectivity index (χ0n) is 14.0. The second-order valence-electron chi connectivity index (χ2n) is 5.90. The molecule has 2 heterocycles. The SMILES string of the molecule is O=C(NCc1ccc2c(c1)OCO2)c1ccc(-c2ncccc2Cl)cc1F. The Morgan fingerprint density at radius 1 is 1.15 bits per heavy atom. The van der Waals surface area contributed by atoms with Gasteiger partial charge in [0.2, 0.25) is 6.79 Å². The number of rotatable bonds is 4. The molecular weight excluding hydrogens is 371 g/mol. The molecule has 1 aliphatic heterocycles. The van der Waals surface area contributed by atoms with Gasteiger partial charge in [-0.05, 0) is 42.0 Å². The van der Waals surface area contributed by atoms with Crippen LogP contribution >= 0.6 is 11.6 Å². The van der Waals surface area contributed by atoms with Crippen LogP contribution in [0.5, 0.6) is 11.5 Å². The third kappa shape index (κ3) is 3.57. The number of fused-ring (bicyclic) bond motifs is 1. The fraction of sp³-hybridized carbons (Fsp3) is 0.100. The Balaban J connectivity index is 1.48. The zero-order valence-corrected chi connectivity index (χ0v) is 14.8. The average molecular weight is 385 g/mol. The lowest BCUT2D eigenvalue weighted by Crippen LogP contribution is -2.23. The van der Waals surface area contributed by atoms with Gasteiger partial charge in [-0.1, -0.05) is 23.7 Å². The summed E-state index contributed by atoms with van der Waals surface area (Å²) in [5.41, 5.74) is 1.74. The highest BCUT2D eigenvalue weighted by molar-refractivity contribution is 6.33. The quantitative estimate of drug-likeness (QED) is 0.732. The molecular formula is C20H14ClFN2O3. The van der Waals surface area contributed by atoms with E-state index in [-0.39, 0.29) is 18.9 Å². The molecule has 1 aromatic heterocycles. The number of ether oxygens (including phenoxy) is 2. The van der Waals surface area contributed by atoms with Gasteiger partial charge in [-0.2, -0.15) is 0 Å². The number of pyridine rings is 1. The van der Waals surface area contributed by atoms with Crippen LogP contribution in [-0.2, 0) is 6.54 Å². The maximum Gasteiger partial charge on any atom is 0.254 e. The molecule has 0 saturated heterocycles. The molecule has 1 N–H and O–H groups in total. The normalized spacial score (nSPS) is 12.1. The molecule has 0 unspecified atom stereocenters. The van der Waals surface area contributed by atoms with Crippen LogP contribution in [0.4, 0.5) is 4.39 Å². The molecule has 0 saturated carbocycles. The van der Waals surface area contributed by atoms with Crippen molar-refractivity contribution >= 4 is 17.5 Å². The highest BCUT2D eigenvalue weighted by Gasteiger charge is 2.16. The van der Waals surface area contributed by atoms with Crippen LogP contribution in [0.15, 0.2) is 54.7 Å². The molecule has 4 rings (SSSR count). The van der Waals surface area contributed by atoms with E-state index in [4.69, 9.17) is 21.1 Å². The predicted molar refractivity (Wildman–Crippen MR) is 98.4 cm³/mol. The summed E-state index contributed by atoms with van der Waals surface area (Å²) in [4.78, 5) is 16.5. The molecule has 2 aromatic carbocycles. The lowest BCUT2D eigenvalue weighted by molar-refractivity contribution is 0.0947. The average Bonchev–Trinajstić information content (AvgIpc) is 3.14. The molecule has 27 heavy (non-hydrogen) atoms. The van der Waals surface area contributed by atoms with Crippen LogP contribution in [0.3, 0.4) is 0 Å². The van der Waals surface area contributed by atoms with Crippen LogP contribution in [0, 0.1) is 5.82 Å². The Morgan fingerprint density at radius 2 is 2.00 bits per heavy atom. The molecule has 1 aliphatic rings. The molecule has 0 spiro atoms. The summed E-state index contributed by atoms with van der Waals surface area (Å²) in [7, 11) is 0. The van der Waals surface area contributed by atoms with Crippen molar-refractivity contribution in [1.29, 1.82) is 0 Å². The van der Waals surface area contributed by atoms with Gasteiger partial charge in [-0.3, -0.25) is 9.78 Å². The first-order valence-corrected chi connectivity index (χ1v) is 8.57. The van der Waals surface area contributed by atoms with Gasteiger partial charge in [0, 0.05) is 18.3 Å². The standard InChI is InChI=1S/C20H14ClFN2O3/c21-15-2-1-7-23-19(15)13-4-5-14(16(22)9-13)20(25)24-10-12-3-6-17-18(8-12)27-11-26-17/h1-9H,10-11H2,(H,24,25). The number of aromatic nitrogens is 1. The van der Waals surface area contributed by atoms with Crippen molar-refractivity contribution in [3.05, 3.63) is 76.7 Å². The van der Waals surface area contributed by atoms with Gasteiger partial charge >= 0.3 is 0 Å². The predicted octanol–water partition coefficient (Wildman–Crippen LogP) is 4.20. The van der Waals surface area contributed by atoms with Gasteiger partial charge in [0.15, 0.2) is 11.5 Å². The van der Waals surface area contributed by atoms with Crippen molar-refractivity contribution in [2.75, 3.05) is 6.79 Å². The number of nitrogens with zero attached hydrogens (tertiary/aromatic N) is 1. The first-order chi connectivity index (χ1) is 13.1. The van der Waals surface area contributed by atoms with Crippen LogP contribution in [0.1, 0.15) is 15.9 Å². The maximum atomic E-state index is 14.5. The summed E-state index contributed by atoms with van der Waals surface area (Å²) < 4.78 is 25.0. The monoisotopic (exact) mass is 384 g/mol. The van der Waals surface area contributed by atoms with Gasteiger partial charge in [-0.15, -0.1) is 0 Å². The van der Waals surface area contributed by atoms with E-state index in [1.807, 2.05) is 6.07 Å². The van der Waals surface area contributed by atoms with Gasteiger partial charge in [0.25, 0.3) is 5.91 Å². The molecule has 0 fully saturated rings. The summed E-state index contributed by atoms with van der Waals surface area (Å²) in [6.45, 7) is 0.422. The Kier molecular flexibility index (Phi) is 4.64. The molecule has 3 aromatic rings. The van der Waals surface area contributed by atoms with E-state index in [1.54, 1.807) is 36.5 Å². The Morgan fingerprint density at radius 3 is 2.81 bits per heavy atom. The molecule has 0 atom stereocenters. The van der Waals surface area contributed by atoms with Crippen molar-refractivity contribution in [1.82, 2.24) is 10.3 Å². The second kappa shape index (κ2) is 7.25. The number of benzene rings is 2. The third-order valence-corrected chi connectivity index (χ3v) is 4.44. The van der Waals surface area contributed by atoms with Crippen molar-refractivity contribution in [3.63, 3.8) is 0 Å². The van der Waals surface area contributed by atoms with E-state index < -0.39 is 11.7 Å². The maximum absolute atomic E-state index is 14.5. The lowest BCUT2D eigenvalue weighted by Gasteiger charge is -2.09. The number of nitrogens with one attached hydrogen (secondary N) is 1. The minimum absolute atomic E-state index is 0.0495. The minimum atomic E-state index is -0.641. The topological polar surface area (TPSA) is 60.5 Å². The number of carbonyl (C=O) groups excluding carboxylic acids is 1. The fourth-order valence-corrected chi connectivity index (χ4v) is 3.00. The molecule has 5 nitrogen and oxygen atoms in total.